The van der Waals surface area contributed by atoms with Gasteiger partial charge in [-0.1, -0.05) is 36.4 Å². The van der Waals surface area contributed by atoms with Gasteiger partial charge in [0.1, 0.15) is 5.82 Å². The van der Waals surface area contributed by atoms with Crippen molar-refractivity contribution in [1.29, 1.82) is 0 Å². The van der Waals surface area contributed by atoms with Crippen molar-refractivity contribution in [1.82, 2.24) is 0 Å². The highest BCUT2D eigenvalue weighted by molar-refractivity contribution is 5.49. The molecule has 0 saturated carbocycles. The first-order valence-corrected chi connectivity index (χ1v) is 6.91. The molecule has 0 heterocycles. The zero-order valence-corrected chi connectivity index (χ0v) is 12.0. The smallest absolute Gasteiger partial charge is 0.129 e. The number of nitrogens with two attached hydrogens (primary N) is 1. The molecule has 2 rings (SSSR count). The number of hydrogen-bond donors (Lipinski definition) is 1. The van der Waals surface area contributed by atoms with Gasteiger partial charge in [-0.25, -0.2) is 4.39 Å². The summed E-state index contributed by atoms with van der Waals surface area (Å²) in [5, 5.41) is 0. The summed E-state index contributed by atoms with van der Waals surface area (Å²) < 4.78 is 13.9. The number of rotatable bonds is 5. The molecule has 0 aromatic heterocycles. The zero-order chi connectivity index (χ0) is 14.5. The molecule has 0 atom stereocenters. The second-order valence-corrected chi connectivity index (χ2v) is 5.19. The third-order valence-corrected chi connectivity index (χ3v) is 3.41. The monoisotopic (exact) mass is 272 g/mol. The van der Waals surface area contributed by atoms with Gasteiger partial charge in [-0.3, -0.25) is 0 Å². The van der Waals surface area contributed by atoms with E-state index < -0.39 is 0 Å². The highest BCUT2D eigenvalue weighted by Crippen LogP contribution is 2.22. The topological polar surface area (TPSA) is 29.3 Å². The van der Waals surface area contributed by atoms with Crippen LogP contribution in [-0.2, 0) is 13.1 Å². The number of anilines is 1. The summed E-state index contributed by atoms with van der Waals surface area (Å²) >= 11 is 0. The summed E-state index contributed by atoms with van der Waals surface area (Å²) in [6.07, 6.45) is 0. The largest absolute Gasteiger partial charge is 0.365 e. The van der Waals surface area contributed by atoms with Gasteiger partial charge >= 0.3 is 0 Å². The SMILES string of the molecule is CC(C)N(Cc1ccccc1)c1ccc(CN)c(F)c1. The second-order valence-electron chi connectivity index (χ2n) is 5.19. The quantitative estimate of drug-likeness (QED) is 0.899. The minimum absolute atomic E-state index is 0.229. The van der Waals surface area contributed by atoms with Crippen LogP contribution in [0.25, 0.3) is 0 Å². The van der Waals surface area contributed by atoms with Crippen LogP contribution in [0.1, 0.15) is 25.0 Å². The maximum Gasteiger partial charge on any atom is 0.129 e. The first-order valence-electron chi connectivity index (χ1n) is 6.91. The standard InChI is InChI=1S/C17H21FN2/c1-13(2)20(12-14-6-4-3-5-7-14)16-9-8-15(11-19)17(18)10-16/h3-10,13H,11-12,19H2,1-2H3. The zero-order valence-electron chi connectivity index (χ0n) is 12.0. The van der Waals surface area contributed by atoms with E-state index in [1.807, 2.05) is 24.3 Å². The molecule has 20 heavy (non-hydrogen) atoms. The average molecular weight is 272 g/mol. The van der Waals surface area contributed by atoms with Crippen LogP contribution in [0.2, 0.25) is 0 Å². The molecule has 0 aliphatic rings. The molecule has 2 N–H and O–H groups in total. The van der Waals surface area contributed by atoms with Crippen LogP contribution in [0.3, 0.4) is 0 Å². The van der Waals surface area contributed by atoms with Gasteiger partial charge in [0.15, 0.2) is 0 Å². The predicted molar refractivity (Wildman–Crippen MR) is 82.1 cm³/mol. The fourth-order valence-electron chi connectivity index (χ4n) is 2.23. The van der Waals surface area contributed by atoms with Gasteiger partial charge in [-0.15, -0.1) is 0 Å². The molecule has 0 saturated heterocycles. The van der Waals surface area contributed by atoms with Gasteiger partial charge in [-0.05, 0) is 31.5 Å². The minimum atomic E-state index is -0.233. The highest BCUT2D eigenvalue weighted by Gasteiger charge is 2.13. The Labute approximate surface area is 120 Å². The van der Waals surface area contributed by atoms with Crippen molar-refractivity contribution >= 4 is 5.69 Å². The Balaban J connectivity index is 2.27. The molecule has 106 valence electrons. The summed E-state index contributed by atoms with van der Waals surface area (Å²) in [6.45, 7) is 5.21. The molecule has 2 aromatic rings. The van der Waals surface area contributed by atoms with E-state index in [1.165, 1.54) is 5.56 Å². The van der Waals surface area contributed by atoms with Gasteiger partial charge in [0.25, 0.3) is 0 Å². The molecule has 0 unspecified atom stereocenters. The van der Waals surface area contributed by atoms with Crippen molar-refractivity contribution in [3.8, 4) is 0 Å². The Hall–Kier alpha value is -1.87. The summed E-state index contributed by atoms with van der Waals surface area (Å²) in [5.41, 5.74) is 8.16. The van der Waals surface area contributed by atoms with E-state index in [2.05, 4.69) is 30.9 Å². The molecule has 0 fully saturated rings. The van der Waals surface area contributed by atoms with E-state index in [4.69, 9.17) is 5.73 Å². The third kappa shape index (κ3) is 3.36. The van der Waals surface area contributed by atoms with Crippen LogP contribution in [0.15, 0.2) is 48.5 Å². The van der Waals surface area contributed by atoms with Gasteiger partial charge in [-0.2, -0.15) is 0 Å². The van der Waals surface area contributed by atoms with Crippen LogP contribution >= 0.6 is 0 Å². The van der Waals surface area contributed by atoms with Crippen LogP contribution in [0.5, 0.6) is 0 Å². The van der Waals surface area contributed by atoms with E-state index in [-0.39, 0.29) is 12.4 Å². The van der Waals surface area contributed by atoms with Gasteiger partial charge in [0.05, 0.1) is 0 Å². The molecular formula is C17H21FN2. The Morgan fingerprint density at radius 1 is 1.10 bits per heavy atom. The van der Waals surface area contributed by atoms with Gasteiger partial charge in [0.2, 0.25) is 0 Å². The molecule has 2 aromatic carbocycles. The average Bonchev–Trinajstić information content (AvgIpc) is 2.45. The Kier molecular flexibility index (Phi) is 4.74. The lowest BCUT2D eigenvalue weighted by Gasteiger charge is -2.29. The number of hydrogen-bond acceptors (Lipinski definition) is 2. The second kappa shape index (κ2) is 6.53. The molecule has 0 amide bonds. The van der Waals surface area contributed by atoms with E-state index >= 15 is 0 Å². The van der Waals surface area contributed by atoms with Crippen LogP contribution in [0.4, 0.5) is 10.1 Å². The first kappa shape index (κ1) is 14.5. The van der Waals surface area contributed by atoms with Gasteiger partial charge < -0.3 is 10.6 Å². The normalized spacial score (nSPS) is 10.8. The van der Waals surface area contributed by atoms with Crippen molar-refractivity contribution < 1.29 is 4.39 Å². The lowest BCUT2D eigenvalue weighted by Crippen LogP contribution is -2.30. The third-order valence-electron chi connectivity index (χ3n) is 3.41. The molecular weight excluding hydrogens is 251 g/mol. The van der Waals surface area contributed by atoms with E-state index in [1.54, 1.807) is 12.1 Å². The molecule has 0 aliphatic heterocycles. The summed E-state index contributed by atoms with van der Waals surface area (Å²) in [4.78, 5) is 2.18. The van der Waals surface area contributed by atoms with Crippen molar-refractivity contribution in [3.63, 3.8) is 0 Å². The Bertz CT molecular complexity index is 552. The number of nitrogens with zero attached hydrogens (tertiary/aromatic N) is 1. The fraction of sp³-hybridized carbons (Fsp3) is 0.294. The Morgan fingerprint density at radius 2 is 1.80 bits per heavy atom. The molecule has 0 spiro atoms. The molecule has 0 radical (unpaired) electrons. The molecule has 3 heteroatoms. The minimum Gasteiger partial charge on any atom is -0.365 e. The van der Waals surface area contributed by atoms with E-state index in [0.29, 0.717) is 11.6 Å². The number of benzene rings is 2. The van der Waals surface area contributed by atoms with Crippen LogP contribution in [-0.4, -0.2) is 6.04 Å². The van der Waals surface area contributed by atoms with Crippen molar-refractivity contribution in [2.24, 2.45) is 5.73 Å². The summed E-state index contributed by atoms with van der Waals surface area (Å²) in [6, 6.07) is 15.8. The summed E-state index contributed by atoms with van der Waals surface area (Å²) in [5.74, 6) is -0.233. The van der Waals surface area contributed by atoms with Gasteiger partial charge in [0, 0.05) is 30.4 Å². The lowest BCUT2D eigenvalue weighted by molar-refractivity contribution is 0.606. The van der Waals surface area contributed by atoms with Crippen LogP contribution in [0, 0.1) is 5.82 Å². The van der Waals surface area contributed by atoms with E-state index in [0.717, 1.165) is 12.2 Å². The lowest BCUT2D eigenvalue weighted by atomic mass is 10.1. The van der Waals surface area contributed by atoms with Crippen molar-refractivity contribution in [2.75, 3.05) is 4.90 Å². The van der Waals surface area contributed by atoms with Crippen molar-refractivity contribution in [2.45, 2.75) is 33.0 Å². The molecule has 0 bridgehead atoms. The number of halogens is 1. The molecule has 0 aliphatic carbocycles. The fourth-order valence-corrected chi connectivity index (χ4v) is 2.23. The Morgan fingerprint density at radius 3 is 2.35 bits per heavy atom. The van der Waals surface area contributed by atoms with E-state index in [9.17, 15) is 4.39 Å². The van der Waals surface area contributed by atoms with Crippen molar-refractivity contribution in [3.05, 3.63) is 65.5 Å². The maximum absolute atomic E-state index is 13.9. The maximum atomic E-state index is 13.9. The highest BCUT2D eigenvalue weighted by atomic mass is 19.1. The molecule has 2 nitrogen and oxygen atoms in total. The predicted octanol–water partition coefficient (Wildman–Crippen LogP) is 3.70. The summed E-state index contributed by atoms with van der Waals surface area (Å²) in [7, 11) is 0. The first-order chi connectivity index (χ1) is 9.61. The van der Waals surface area contributed by atoms with Crippen LogP contribution < -0.4 is 10.6 Å².